The van der Waals surface area contributed by atoms with Crippen molar-refractivity contribution in [2.45, 2.75) is 31.8 Å². The molecule has 0 saturated heterocycles. The van der Waals surface area contributed by atoms with Crippen molar-refractivity contribution in [3.8, 4) is 0 Å². The van der Waals surface area contributed by atoms with Gasteiger partial charge in [-0.25, -0.2) is 8.42 Å². The first kappa shape index (κ1) is 22.5. The first-order valence-corrected chi connectivity index (χ1v) is 12.9. The molecule has 2 amide bonds. The van der Waals surface area contributed by atoms with Gasteiger partial charge in [0.1, 0.15) is 21.1 Å². The highest BCUT2D eigenvalue weighted by Gasteiger charge is 2.36. The Morgan fingerprint density at radius 2 is 1.84 bits per heavy atom. The molecule has 2 aromatic rings. The fraction of sp³-hybridized carbons (Fsp3) is 0.409. The Hall–Kier alpha value is -2.65. The van der Waals surface area contributed by atoms with E-state index in [2.05, 4.69) is 5.32 Å². The van der Waals surface area contributed by atoms with Crippen LogP contribution in [0.25, 0.3) is 0 Å². The molecule has 1 aromatic carbocycles. The first-order valence-electron chi connectivity index (χ1n) is 10.4. The van der Waals surface area contributed by atoms with Crippen molar-refractivity contribution in [1.29, 1.82) is 0 Å². The van der Waals surface area contributed by atoms with Gasteiger partial charge in [0, 0.05) is 37.5 Å². The minimum absolute atomic E-state index is 0.0157. The van der Waals surface area contributed by atoms with Gasteiger partial charge in [-0.05, 0) is 48.1 Å². The maximum Gasteiger partial charge on any atom is 0.270 e. The van der Waals surface area contributed by atoms with Crippen LogP contribution in [-0.2, 0) is 22.9 Å². The van der Waals surface area contributed by atoms with Crippen LogP contribution in [0.5, 0.6) is 0 Å². The number of hydrogen-bond acceptors (Lipinski definition) is 5. The fourth-order valence-corrected chi connectivity index (χ4v) is 4.53. The lowest BCUT2D eigenvalue weighted by atomic mass is 10.0. The third-order valence-electron chi connectivity index (χ3n) is 5.76. The van der Waals surface area contributed by atoms with E-state index in [1.165, 1.54) is 9.47 Å². The van der Waals surface area contributed by atoms with Crippen LogP contribution >= 0.6 is 11.6 Å². The zero-order valence-corrected chi connectivity index (χ0v) is 19.2. The molecule has 4 rings (SSSR count). The molecular weight excluding hydrogens is 454 g/mol. The number of sulfone groups is 1. The number of nitrogens with zero attached hydrogens (tertiary/aromatic N) is 2. The summed E-state index contributed by atoms with van der Waals surface area (Å²) in [7, 11) is -3.22. The second-order valence-electron chi connectivity index (χ2n) is 8.32. The molecule has 0 radical (unpaired) electrons. The molecule has 10 heteroatoms. The van der Waals surface area contributed by atoms with Crippen molar-refractivity contribution < 1.29 is 18.0 Å². The number of pyridine rings is 1. The predicted molar refractivity (Wildman–Crippen MR) is 121 cm³/mol. The van der Waals surface area contributed by atoms with Gasteiger partial charge >= 0.3 is 0 Å². The van der Waals surface area contributed by atoms with Crippen LogP contribution in [0.2, 0.25) is 5.02 Å². The number of aromatic nitrogens is 1. The number of rotatable bonds is 7. The Balaban J connectivity index is 1.61. The molecule has 8 nitrogen and oxygen atoms in total. The number of hydrogen-bond donors (Lipinski definition) is 1. The van der Waals surface area contributed by atoms with E-state index in [0.717, 1.165) is 24.7 Å². The zero-order valence-electron chi connectivity index (χ0n) is 17.6. The van der Waals surface area contributed by atoms with Gasteiger partial charge in [0.15, 0.2) is 0 Å². The topological polar surface area (TPSA) is 106 Å². The van der Waals surface area contributed by atoms with Crippen molar-refractivity contribution in [3.63, 3.8) is 0 Å². The summed E-state index contributed by atoms with van der Waals surface area (Å²) < 4.78 is 24.4. The molecule has 1 fully saturated rings. The lowest BCUT2D eigenvalue weighted by molar-refractivity contribution is 0.0708. The molecule has 0 atom stereocenters. The summed E-state index contributed by atoms with van der Waals surface area (Å²) in [6.07, 6.45) is 2.89. The Bertz CT molecular complexity index is 1230. The molecule has 2 heterocycles. The maximum atomic E-state index is 13.1. The van der Waals surface area contributed by atoms with Gasteiger partial charge in [-0.2, -0.15) is 0 Å². The minimum Gasteiger partial charge on any atom is -0.348 e. The second-order valence-corrected chi connectivity index (χ2v) is 11.0. The van der Waals surface area contributed by atoms with Gasteiger partial charge < -0.3 is 14.8 Å². The van der Waals surface area contributed by atoms with Crippen LogP contribution in [-0.4, -0.2) is 54.8 Å². The first-order chi connectivity index (χ1) is 15.1. The molecule has 0 unspecified atom stereocenters. The number of halogens is 1. The van der Waals surface area contributed by atoms with Crippen LogP contribution in [0.1, 0.15) is 50.7 Å². The third-order valence-corrected chi connectivity index (χ3v) is 6.94. The van der Waals surface area contributed by atoms with Crippen LogP contribution in [0.4, 0.5) is 0 Å². The van der Waals surface area contributed by atoms with Crippen molar-refractivity contribution in [2.75, 3.05) is 25.1 Å². The second kappa shape index (κ2) is 8.71. The van der Waals surface area contributed by atoms with E-state index in [1.807, 2.05) is 0 Å². The fourth-order valence-electron chi connectivity index (χ4n) is 3.85. The van der Waals surface area contributed by atoms with E-state index in [4.69, 9.17) is 11.6 Å². The Kier molecular flexibility index (Phi) is 6.13. The molecule has 32 heavy (non-hydrogen) atoms. The SMILES string of the molecule is CS(=O)(=O)CCN1CCn2c(c(C3CC3)cc(C(=O)NCc3ccc(Cl)cc3)c2=O)C1=O. The van der Waals surface area contributed by atoms with E-state index in [1.54, 1.807) is 30.3 Å². The zero-order chi connectivity index (χ0) is 23.0. The number of carbonyl (C=O) groups is 2. The van der Waals surface area contributed by atoms with Crippen LogP contribution in [0, 0.1) is 0 Å². The van der Waals surface area contributed by atoms with Crippen molar-refractivity contribution in [2.24, 2.45) is 0 Å². The highest BCUT2D eigenvalue weighted by molar-refractivity contribution is 7.90. The predicted octanol–water partition coefficient (Wildman–Crippen LogP) is 1.81. The molecule has 170 valence electrons. The molecule has 0 bridgehead atoms. The van der Waals surface area contributed by atoms with Gasteiger partial charge in [-0.3, -0.25) is 14.4 Å². The summed E-state index contributed by atoms with van der Waals surface area (Å²) in [6.45, 7) is 0.774. The van der Waals surface area contributed by atoms with Crippen molar-refractivity contribution in [1.82, 2.24) is 14.8 Å². The number of benzene rings is 1. The van der Waals surface area contributed by atoms with E-state index < -0.39 is 21.3 Å². The lowest BCUT2D eigenvalue weighted by Gasteiger charge is -2.31. The maximum absolute atomic E-state index is 13.1. The molecule has 1 aliphatic carbocycles. The van der Waals surface area contributed by atoms with Crippen LogP contribution in [0.15, 0.2) is 35.1 Å². The largest absolute Gasteiger partial charge is 0.348 e. The van der Waals surface area contributed by atoms with Gasteiger partial charge in [-0.1, -0.05) is 23.7 Å². The number of fused-ring (bicyclic) bond motifs is 1. The van der Waals surface area contributed by atoms with Crippen LogP contribution in [0.3, 0.4) is 0 Å². The quantitative estimate of drug-likeness (QED) is 0.654. The number of carbonyl (C=O) groups excluding carboxylic acids is 2. The Morgan fingerprint density at radius 3 is 2.47 bits per heavy atom. The molecule has 1 aliphatic heterocycles. The van der Waals surface area contributed by atoms with Gasteiger partial charge in [0.05, 0.1) is 5.75 Å². The number of nitrogens with one attached hydrogen (secondary N) is 1. The van der Waals surface area contributed by atoms with Crippen LogP contribution < -0.4 is 10.9 Å². The molecule has 0 spiro atoms. The van der Waals surface area contributed by atoms with E-state index in [0.29, 0.717) is 10.6 Å². The summed E-state index contributed by atoms with van der Waals surface area (Å²) in [6, 6.07) is 8.58. The molecule has 2 aliphatic rings. The van der Waals surface area contributed by atoms with E-state index in [-0.39, 0.29) is 55.0 Å². The summed E-state index contributed by atoms with van der Waals surface area (Å²) in [4.78, 5) is 40.5. The number of amides is 2. The molecule has 1 N–H and O–H groups in total. The average molecular weight is 478 g/mol. The molecular formula is C22H24ClN3O5S. The molecule has 1 saturated carbocycles. The highest BCUT2D eigenvalue weighted by Crippen LogP contribution is 2.42. The summed E-state index contributed by atoms with van der Waals surface area (Å²) >= 11 is 5.88. The summed E-state index contributed by atoms with van der Waals surface area (Å²) in [5, 5.41) is 3.36. The molecule has 1 aromatic heterocycles. The normalized spacial score (nSPS) is 16.1. The standard InChI is InChI=1S/C22H24ClN3O5S/c1-32(30,31)11-10-25-8-9-26-19(22(25)29)17(15-4-5-15)12-18(21(26)28)20(27)24-13-14-2-6-16(23)7-3-14/h2-3,6-7,12,15H,4-5,8-11,13H2,1H3,(H,24,27). The minimum atomic E-state index is -3.22. The smallest absolute Gasteiger partial charge is 0.270 e. The van der Waals surface area contributed by atoms with E-state index in [9.17, 15) is 22.8 Å². The van der Waals surface area contributed by atoms with Crippen molar-refractivity contribution >= 4 is 33.3 Å². The van der Waals surface area contributed by atoms with Gasteiger partial charge in [-0.15, -0.1) is 0 Å². The van der Waals surface area contributed by atoms with Crippen molar-refractivity contribution in [3.05, 3.63) is 68.1 Å². The third kappa shape index (κ3) is 4.88. The van der Waals surface area contributed by atoms with E-state index >= 15 is 0 Å². The average Bonchev–Trinajstić information content (AvgIpc) is 3.58. The monoisotopic (exact) mass is 477 g/mol. The Labute approximate surface area is 191 Å². The summed E-state index contributed by atoms with van der Waals surface area (Å²) in [5.41, 5.74) is 1.33. The Morgan fingerprint density at radius 1 is 1.16 bits per heavy atom. The highest BCUT2D eigenvalue weighted by atomic mass is 35.5. The van der Waals surface area contributed by atoms with Gasteiger partial charge in [0.25, 0.3) is 17.4 Å². The van der Waals surface area contributed by atoms with Gasteiger partial charge in [0.2, 0.25) is 0 Å². The lowest BCUT2D eigenvalue weighted by Crippen LogP contribution is -2.48. The summed E-state index contributed by atoms with van der Waals surface area (Å²) in [5.74, 6) is -0.855.